The molecule has 1 spiro atoms. The summed E-state index contributed by atoms with van der Waals surface area (Å²) in [5.41, 5.74) is 1.23. The molecule has 1 heterocycles. The van der Waals surface area contributed by atoms with E-state index in [9.17, 15) is 19.2 Å². The molecule has 1 unspecified atom stereocenters. The number of hydrogen-bond acceptors (Lipinski definition) is 5. The minimum absolute atomic E-state index is 0.0138. The van der Waals surface area contributed by atoms with Gasteiger partial charge in [-0.25, -0.2) is 0 Å². The summed E-state index contributed by atoms with van der Waals surface area (Å²) in [5.74, 6) is 0.0152. The van der Waals surface area contributed by atoms with E-state index < -0.39 is 5.60 Å². The maximum atomic E-state index is 13.4. The number of carbonyl (C=O) groups is 4. The fraction of sp³-hybridized carbons (Fsp3) is 0.630. The molecule has 0 radical (unpaired) electrons. The minimum atomic E-state index is -0.444. The van der Waals surface area contributed by atoms with Crippen LogP contribution in [0.4, 0.5) is 0 Å². The van der Waals surface area contributed by atoms with Crippen LogP contribution in [0.2, 0.25) is 0 Å². The Morgan fingerprint density at radius 1 is 1.09 bits per heavy atom. The van der Waals surface area contributed by atoms with Gasteiger partial charge in [0.25, 0.3) is 0 Å². The normalized spacial score (nSPS) is 42.8. The number of rotatable bonds is 3. The Morgan fingerprint density at radius 2 is 1.88 bits per heavy atom. The fourth-order valence-electron chi connectivity index (χ4n) is 7.65. The predicted octanol–water partition coefficient (Wildman–Crippen LogP) is 4.45. The molecule has 1 saturated heterocycles. The minimum Gasteiger partial charge on any atom is -0.458 e. The van der Waals surface area contributed by atoms with Crippen molar-refractivity contribution >= 4 is 23.3 Å². The second-order valence-electron chi connectivity index (χ2n) is 11.1. The smallest absolute Gasteiger partial charge is 0.306 e. The topological polar surface area (TPSA) is 77.5 Å². The molecule has 0 amide bonds. The van der Waals surface area contributed by atoms with Crippen molar-refractivity contribution in [2.75, 3.05) is 0 Å². The van der Waals surface area contributed by atoms with Crippen LogP contribution in [0, 0.1) is 28.6 Å². The van der Waals surface area contributed by atoms with Crippen molar-refractivity contribution in [3.05, 3.63) is 35.5 Å². The van der Waals surface area contributed by atoms with Gasteiger partial charge >= 0.3 is 5.97 Å². The summed E-state index contributed by atoms with van der Waals surface area (Å²) in [6, 6.07) is 0. The van der Waals surface area contributed by atoms with Crippen molar-refractivity contribution in [2.45, 2.75) is 77.7 Å². The third-order valence-electron chi connectivity index (χ3n) is 9.56. The fourth-order valence-corrected chi connectivity index (χ4v) is 7.65. The molecule has 6 atom stereocenters. The van der Waals surface area contributed by atoms with Gasteiger partial charge in [0.1, 0.15) is 11.4 Å². The molecule has 5 heteroatoms. The molecule has 5 nitrogen and oxygen atoms in total. The number of allylic oxidation sites excluding steroid dienone is 6. The maximum absolute atomic E-state index is 13.4. The molecule has 3 fully saturated rings. The van der Waals surface area contributed by atoms with Crippen LogP contribution < -0.4 is 0 Å². The van der Waals surface area contributed by atoms with Crippen molar-refractivity contribution in [1.29, 1.82) is 0 Å². The van der Waals surface area contributed by atoms with Crippen molar-refractivity contribution < 1.29 is 23.9 Å². The second-order valence-corrected chi connectivity index (χ2v) is 11.1. The number of esters is 1. The number of ketones is 3. The SMILES string of the molecule is CC(=O)C=CC(=O)C1=CC2CC(=O)CC[C@]2(C)C2=CC[C@@]3(C)[C@@H](CC[C@@]34CCC(=O)O4)[C@H]12. The lowest BCUT2D eigenvalue weighted by Gasteiger charge is -2.56. The zero-order valence-corrected chi connectivity index (χ0v) is 19.2. The summed E-state index contributed by atoms with van der Waals surface area (Å²) in [4.78, 5) is 49.3. The van der Waals surface area contributed by atoms with Crippen LogP contribution >= 0.6 is 0 Å². The molecule has 170 valence electrons. The lowest BCUT2D eigenvalue weighted by Crippen LogP contribution is -2.52. The largest absolute Gasteiger partial charge is 0.458 e. The van der Waals surface area contributed by atoms with Gasteiger partial charge in [0.05, 0.1) is 0 Å². The zero-order chi connectivity index (χ0) is 22.9. The van der Waals surface area contributed by atoms with Gasteiger partial charge < -0.3 is 4.74 Å². The van der Waals surface area contributed by atoms with Crippen molar-refractivity contribution in [2.24, 2.45) is 28.6 Å². The Hall–Kier alpha value is -2.30. The third kappa shape index (κ3) is 2.89. The van der Waals surface area contributed by atoms with Gasteiger partial charge in [-0.3, -0.25) is 19.2 Å². The molecule has 0 aromatic heterocycles. The molecular formula is C27H32O5. The highest BCUT2D eigenvalue weighted by Gasteiger charge is 2.66. The third-order valence-corrected chi connectivity index (χ3v) is 9.56. The van der Waals surface area contributed by atoms with Crippen molar-refractivity contribution in [1.82, 2.24) is 0 Å². The van der Waals surface area contributed by atoms with Crippen LogP contribution in [0.25, 0.3) is 0 Å². The highest BCUT2D eigenvalue weighted by Crippen LogP contribution is 2.68. The average Bonchev–Trinajstić information content (AvgIpc) is 3.26. The van der Waals surface area contributed by atoms with Crippen molar-refractivity contribution in [3.8, 4) is 0 Å². The maximum Gasteiger partial charge on any atom is 0.306 e. The van der Waals surface area contributed by atoms with Crippen LogP contribution in [0.5, 0.6) is 0 Å². The van der Waals surface area contributed by atoms with Crippen LogP contribution in [0.15, 0.2) is 35.5 Å². The first kappa shape index (κ1) is 21.5. The molecule has 0 bridgehead atoms. The Kier molecular flexibility index (Phi) is 4.78. The molecule has 32 heavy (non-hydrogen) atoms. The Morgan fingerprint density at radius 3 is 2.56 bits per heavy atom. The van der Waals surface area contributed by atoms with E-state index in [4.69, 9.17) is 4.74 Å². The van der Waals surface area contributed by atoms with Crippen molar-refractivity contribution in [3.63, 3.8) is 0 Å². The van der Waals surface area contributed by atoms with Gasteiger partial charge in [-0.1, -0.05) is 31.6 Å². The van der Waals surface area contributed by atoms with E-state index in [0.29, 0.717) is 19.3 Å². The number of ether oxygens (including phenoxy) is 1. The van der Waals surface area contributed by atoms with Gasteiger partial charge in [-0.15, -0.1) is 0 Å². The van der Waals surface area contributed by atoms with Crippen LogP contribution in [0.3, 0.4) is 0 Å². The first-order chi connectivity index (χ1) is 15.1. The lowest BCUT2D eigenvalue weighted by atomic mass is 9.48. The summed E-state index contributed by atoms with van der Waals surface area (Å²) < 4.78 is 6.01. The Bertz CT molecular complexity index is 1020. The van der Waals surface area contributed by atoms with Crippen LogP contribution in [-0.2, 0) is 23.9 Å². The van der Waals surface area contributed by atoms with Gasteiger partial charge in [0.2, 0.25) is 0 Å². The number of hydrogen-bond donors (Lipinski definition) is 0. The average molecular weight is 437 g/mol. The predicted molar refractivity (Wildman–Crippen MR) is 118 cm³/mol. The molecule has 1 aliphatic heterocycles. The first-order valence-corrected chi connectivity index (χ1v) is 12.0. The molecule has 5 aliphatic rings. The lowest BCUT2D eigenvalue weighted by molar-refractivity contribution is -0.160. The molecule has 0 aromatic carbocycles. The van der Waals surface area contributed by atoms with Gasteiger partial charge in [-0.05, 0) is 68.4 Å². The van der Waals surface area contributed by atoms with E-state index in [0.717, 1.165) is 37.7 Å². The van der Waals surface area contributed by atoms with Crippen LogP contribution in [0.1, 0.15) is 72.1 Å². The first-order valence-electron chi connectivity index (χ1n) is 12.0. The molecular weight excluding hydrogens is 404 g/mol. The number of Topliss-reactive ketones (excluding diaryl/α,β-unsaturated/α-hetero) is 1. The van der Waals surface area contributed by atoms with Gasteiger partial charge in [0.15, 0.2) is 11.6 Å². The molecule has 5 rings (SSSR count). The quantitative estimate of drug-likeness (QED) is 0.371. The Labute approximate surface area is 189 Å². The molecule has 0 N–H and O–H groups in total. The number of fused-ring (bicyclic) bond motifs is 6. The summed E-state index contributed by atoms with van der Waals surface area (Å²) in [5, 5.41) is 0. The monoisotopic (exact) mass is 436 g/mol. The molecule has 0 aromatic rings. The molecule has 2 saturated carbocycles. The van der Waals surface area contributed by atoms with E-state index in [-0.39, 0.29) is 51.9 Å². The highest BCUT2D eigenvalue weighted by molar-refractivity contribution is 6.08. The summed E-state index contributed by atoms with van der Waals surface area (Å²) in [7, 11) is 0. The van der Waals surface area contributed by atoms with Gasteiger partial charge in [-0.2, -0.15) is 0 Å². The summed E-state index contributed by atoms with van der Waals surface area (Å²) in [6.45, 7) is 5.94. The van der Waals surface area contributed by atoms with Gasteiger partial charge in [0, 0.05) is 36.2 Å². The van der Waals surface area contributed by atoms with E-state index in [1.54, 1.807) is 0 Å². The number of carbonyl (C=O) groups excluding carboxylic acids is 4. The zero-order valence-electron chi connectivity index (χ0n) is 19.2. The standard InChI is InChI=1S/C27H32O5/c1-16(28)4-5-22(30)19-15-17-14-18(29)6-10-25(17,2)20-7-11-26(3)21(24(19)20)8-12-27(26)13-9-23(31)32-27/h4-5,7,15,17,21,24H,6,8-14H2,1-3H3/t17?,21-,24+,25-,26-,27+/m0/s1. The molecule has 4 aliphatic carbocycles. The summed E-state index contributed by atoms with van der Waals surface area (Å²) in [6.07, 6.45) is 12.8. The summed E-state index contributed by atoms with van der Waals surface area (Å²) >= 11 is 0. The van der Waals surface area contributed by atoms with E-state index in [1.165, 1.54) is 24.6 Å². The van der Waals surface area contributed by atoms with Crippen LogP contribution in [-0.4, -0.2) is 28.9 Å². The Balaban J connectivity index is 1.62. The van der Waals surface area contributed by atoms with E-state index in [2.05, 4.69) is 26.0 Å². The van der Waals surface area contributed by atoms with E-state index in [1.807, 2.05) is 0 Å². The van der Waals surface area contributed by atoms with E-state index >= 15 is 0 Å². The second kappa shape index (κ2) is 7.10. The highest BCUT2D eigenvalue weighted by atomic mass is 16.6.